The number of amides is 2. The van der Waals surface area contributed by atoms with E-state index in [1.807, 2.05) is 39.0 Å². The number of nitrogens with one attached hydrogen (secondary N) is 1. The number of unbranched alkanes of at least 4 members (excludes halogenated alkanes) is 1. The zero-order valence-corrected chi connectivity index (χ0v) is 19.8. The average Bonchev–Trinajstić information content (AvgIpc) is 3.19. The molecule has 0 aromatic heterocycles. The number of hydrogen-bond acceptors (Lipinski definition) is 6. The molecule has 1 aliphatic rings. The van der Waals surface area contributed by atoms with Crippen molar-refractivity contribution in [3.63, 3.8) is 0 Å². The Kier molecular flexibility index (Phi) is 8.40. The van der Waals surface area contributed by atoms with E-state index < -0.39 is 30.4 Å². The molecule has 3 rings (SSSR count). The fraction of sp³-hybridized carbons (Fsp3) is 0.385. The van der Waals surface area contributed by atoms with E-state index in [0.29, 0.717) is 17.9 Å². The summed E-state index contributed by atoms with van der Waals surface area (Å²) >= 11 is 0. The summed E-state index contributed by atoms with van der Waals surface area (Å²) in [4.78, 5) is 50.6. The molecule has 1 N–H and O–H groups in total. The van der Waals surface area contributed by atoms with Crippen LogP contribution in [0.25, 0.3) is 0 Å². The van der Waals surface area contributed by atoms with Crippen LogP contribution < -0.4 is 10.2 Å². The monoisotopic (exact) mass is 466 g/mol. The molecule has 0 unspecified atom stereocenters. The topological polar surface area (TPSA) is 102 Å². The zero-order valence-electron chi connectivity index (χ0n) is 19.8. The maximum atomic E-state index is 12.5. The van der Waals surface area contributed by atoms with Gasteiger partial charge in [-0.2, -0.15) is 0 Å². The van der Waals surface area contributed by atoms with Gasteiger partial charge in [0, 0.05) is 24.3 Å². The highest BCUT2D eigenvalue weighted by Gasteiger charge is 2.36. The molecule has 0 spiro atoms. The second kappa shape index (κ2) is 11.4. The first-order chi connectivity index (χ1) is 16.3. The normalized spacial score (nSPS) is 15.2. The van der Waals surface area contributed by atoms with E-state index in [1.54, 1.807) is 29.2 Å². The Bertz CT molecular complexity index is 1060. The Morgan fingerprint density at radius 1 is 1.06 bits per heavy atom. The maximum Gasteiger partial charge on any atom is 0.338 e. The Morgan fingerprint density at radius 3 is 2.47 bits per heavy atom. The van der Waals surface area contributed by atoms with Crippen molar-refractivity contribution in [2.75, 3.05) is 30.0 Å². The Hall–Kier alpha value is -3.68. The molecule has 2 amide bonds. The lowest BCUT2D eigenvalue weighted by Crippen LogP contribution is -2.28. The van der Waals surface area contributed by atoms with Gasteiger partial charge < -0.3 is 19.7 Å². The Labute approximate surface area is 199 Å². The first kappa shape index (κ1) is 25.0. The molecular formula is C26H30N2O6. The second-order valence-corrected chi connectivity index (χ2v) is 8.42. The number of anilines is 2. The first-order valence-corrected chi connectivity index (χ1v) is 11.4. The van der Waals surface area contributed by atoms with Gasteiger partial charge in [-0.3, -0.25) is 14.4 Å². The van der Waals surface area contributed by atoms with Crippen molar-refractivity contribution in [1.29, 1.82) is 0 Å². The molecule has 1 heterocycles. The van der Waals surface area contributed by atoms with E-state index in [0.717, 1.165) is 29.7 Å². The van der Waals surface area contributed by atoms with Crippen LogP contribution in [-0.4, -0.2) is 43.5 Å². The van der Waals surface area contributed by atoms with E-state index >= 15 is 0 Å². The molecule has 1 fully saturated rings. The minimum atomic E-state index is -0.626. The molecule has 180 valence electrons. The average molecular weight is 467 g/mol. The number of carbonyl (C=O) groups excluding carboxylic acids is 4. The zero-order chi connectivity index (χ0) is 24.7. The van der Waals surface area contributed by atoms with Gasteiger partial charge in [0.1, 0.15) is 0 Å². The Balaban J connectivity index is 1.47. The third kappa shape index (κ3) is 6.43. The van der Waals surface area contributed by atoms with Crippen molar-refractivity contribution in [3.8, 4) is 0 Å². The summed E-state index contributed by atoms with van der Waals surface area (Å²) in [6.45, 7) is 6.04. The van der Waals surface area contributed by atoms with Gasteiger partial charge in [0.15, 0.2) is 6.61 Å². The van der Waals surface area contributed by atoms with Crippen LogP contribution in [0.1, 0.15) is 47.7 Å². The van der Waals surface area contributed by atoms with Gasteiger partial charge in [-0.25, -0.2) is 4.79 Å². The summed E-state index contributed by atoms with van der Waals surface area (Å²) in [5.74, 6) is -2.28. The van der Waals surface area contributed by atoms with Gasteiger partial charge in [-0.05, 0) is 56.2 Å². The van der Waals surface area contributed by atoms with E-state index in [9.17, 15) is 19.2 Å². The number of esters is 2. The number of aryl methyl sites for hydroxylation is 2. The summed E-state index contributed by atoms with van der Waals surface area (Å²) in [6, 6.07) is 12.1. The van der Waals surface area contributed by atoms with Gasteiger partial charge >= 0.3 is 11.9 Å². The minimum Gasteiger partial charge on any atom is -0.462 e. The van der Waals surface area contributed by atoms with E-state index in [1.165, 1.54) is 0 Å². The predicted octanol–water partition coefficient (Wildman–Crippen LogP) is 3.80. The molecule has 8 heteroatoms. The fourth-order valence-electron chi connectivity index (χ4n) is 3.74. The van der Waals surface area contributed by atoms with Gasteiger partial charge in [0.25, 0.3) is 5.91 Å². The van der Waals surface area contributed by atoms with Crippen LogP contribution in [0.2, 0.25) is 0 Å². The molecule has 2 aromatic rings. The summed E-state index contributed by atoms with van der Waals surface area (Å²) < 4.78 is 10.3. The molecular weight excluding hydrogens is 436 g/mol. The van der Waals surface area contributed by atoms with Crippen molar-refractivity contribution in [2.24, 2.45) is 5.92 Å². The third-order valence-electron chi connectivity index (χ3n) is 5.58. The molecule has 1 atom stereocenters. The largest absolute Gasteiger partial charge is 0.462 e. The van der Waals surface area contributed by atoms with E-state index in [4.69, 9.17) is 9.47 Å². The second-order valence-electron chi connectivity index (χ2n) is 8.42. The summed E-state index contributed by atoms with van der Waals surface area (Å²) in [5.41, 5.74) is 3.68. The first-order valence-electron chi connectivity index (χ1n) is 11.4. The number of ether oxygens (including phenoxy) is 2. The van der Waals surface area contributed by atoms with Gasteiger partial charge in [0.2, 0.25) is 5.91 Å². The van der Waals surface area contributed by atoms with Gasteiger partial charge in [0.05, 0.1) is 18.1 Å². The number of hydrogen-bond donors (Lipinski definition) is 1. The highest BCUT2D eigenvalue weighted by Crippen LogP contribution is 2.29. The van der Waals surface area contributed by atoms with E-state index in [2.05, 4.69) is 5.32 Å². The summed E-state index contributed by atoms with van der Waals surface area (Å²) in [5, 5.41) is 2.62. The molecule has 0 bridgehead atoms. The van der Waals surface area contributed by atoms with E-state index in [-0.39, 0.29) is 18.9 Å². The van der Waals surface area contributed by atoms with Crippen LogP contribution in [0.4, 0.5) is 11.4 Å². The van der Waals surface area contributed by atoms with Crippen LogP contribution >= 0.6 is 0 Å². The van der Waals surface area contributed by atoms with Crippen LogP contribution in [0.3, 0.4) is 0 Å². The highest BCUT2D eigenvalue weighted by atomic mass is 16.5. The lowest BCUT2D eigenvalue weighted by atomic mass is 10.1. The number of benzene rings is 2. The lowest BCUT2D eigenvalue weighted by molar-refractivity contribution is -0.151. The van der Waals surface area contributed by atoms with Gasteiger partial charge in [-0.15, -0.1) is 0 Å². The molecule has 2 aromatic carbocycles. The van der Waals surface area contributed by atoms with Crippen LogP contribution in [0.15, 0.2) is 42.5 Å². The highest BCUT2D eigenvalue weighted by molar-refractivity contribution is 6.00. The van der Waals surface area contributed by atoms with Crippen LogP contribution in [0, 0.1) is 19.8 Å². The molecule has 1 saturated heterocycles. The molecule has 0 radical (unpaired) electrons. The maximum absolute atomic E-state index is 12.5. The minimum absolute atomic E-state index is 0.0452. The van der Waals surface area contributed by atoms with Crippen LogP contribution in [0.5, 0.6) is 0 Å². The van der Waals surface area contributed by atoms with Crippen molar-refractivity contribution in [2.45, 2.75) is 40.0 Å². The van der Waals surface area contributed by atoms with Crippen molar-refractivity contribution in [3.05, 3.63) is 59.2 Å². The Morgan fingerprint density at radius 2 is 1.79 bits per heavy atom. The van der Waals surface area contributed by atoms with Crippen LogP contribution in [-0.2, 0) is 23.9 Å². The predicted molar refractivity (Wildman–Crippen MR) is 128 cm³/mol. The number of nitrogens with zero attached hydrogens (tertiary/aromatic N) is 1. The summed E-state index contributed by atoms with van der Waals surface area (Å²) in [7, 11) is 0. The third-order valence-corrected chi connectivity index (χ3v) is 5.58. The molecule has 34 heavy (non-hydrogen) atoms. The lowest BCUT2D eigenvalue weighted by Gasteiger charge is -2.19. The summed E-state index contributed by atoms with van der Waals surface area (Å²) in [6.07, 6.45) is 1.78. The number of rotatable bonds is 9. The molecule has 0 aliphatic carbocycles. The van der Waals surface area contributed by atoms with Crippen molar-refractivity contribution >= 4 is 35.1 Å². The van der Waals surface area contributed by atoms with Crippen molar-refractivity contribution < 1.29 is 28.7 Å². The molecule has 8 nitrogen and oxygen atoms in total. The molecule has 1 aliphatic heterocycles. The number of carbonyl (C=O) groups is 4. The smallest absolute Gasteiger partial charge is 0.338 e. The SMILES string of the molecule is CCCCOC(=O)c1ccc(NC(=O)COC(=O)[C@@H]2CC(=O)N(c3ccc(C)cc3C)C2)cc1. The van der Waals surface area contributed by atoms with Crippen molar-refractivity contribution in [1.82, 2.24) is 0 Å². The fourth-order valence-corrected chi connectivity index (χ4v) is 3.74. The quantitative estimate of drug-likeness (QED) is 0.446. The van der Waals surface area contributed by atoms with Gasteiger partial charge in [-0.1, -0.05) is 31.0 Å². The standard InChI is InChI=1S/C26H30N2O6/c1-4-5-12-33-25(31)19-7-9-21(10-8-19)27-23(29)16-34-26(32)20-14-24(30)28(15-20)22-11-6-17(2)13-18(22)3/h6-11,13,20H,4-5,12,14-16H2,1-3H3,(H,27,29)/t20-/m1/s1. The molecule has 0 saturated carbocycles.